The molecule has 132 valence electrons. The summed E-state index contributed by atoms with van der Waals surface area (Å²) in [4.78, 5) is 8.23. The third-order valence-corrected chi connectivity index (χ3v) is 3.52. The third-order valence-electron chi connectivity index (χ3n) is 3.35. The van der Waals surface area contributed by atoms with Crippen LogP contribution in [0.1, 0.15) is 19.3 Å². The van der Waals surface area contributed by atoms with Gasteiger partial charge in [0.25, 0.3) is 0 Å². The highest BCUT2D eigenvalue weighted by atomic mass is 35.5. The maximum Gasteiger partial charge on any atom is 0.389 e. The number of benzene rings is 1. The number of unbranched alkanes of at least 4 members (excludes halogenated alkanes) is 1. The highest BCUT2D eigenvalue weighted by molar-refractivity contribution is 6.28. The van der Waals surface area contributed by atoms with Gasteiger partial charge < -0.3 is 14.8 Å². The van der Waals surface area contributed by atoms with E-state index >= 15 is 0 Å². The first-order valence-corrected chi connectivity index (χ1v) is 7.61. The highest BCUT2D eigenvalue weighted by Gasteiger charge is 2.25. The van der Waals surface area contributed by atoms with Gasteiger partial charge in [0.2, 0.25) is 5.28 Å². The number of hydrogen-bond donors (Lipinski definition) is 1. The second-order valence-corrected chi connectivity index (χ2v) is 5.40. The van der Waals surface area contributed by atoms with Crippen molar-refractivity contribution in [3.05, 3.63) is 17.4 Å². The van der Waals surface area contributed by atoms with Crippen LogP contribution in [0.25, 0.3) is 10.9 Å². The largest absolute Gasteiger partial charge is 0.493 e. The zero-order chi connectivity index (χ0) is 17.7. The fourth-order valence-electron chi connectivity index (χ4n) is 2.22. The summed E-state index contributed by atoms with van der Waals surface area (Å²) in [5, 5.41) is 3.69. The average Bonchev–Trinajstić information content (AvgIpc) is 2.51. The number of aromatic nitrogens is 2. The molecule has 1 heterocycles. The standard InChI is InChI=1S/C15H17ClF3N3O2/c1-23-11-7-9-10(8-12(11)24-2)21-14(16)22-13(9)20-6-4-3-5-15(17,18)19/h7-8H,3-6H2,1-2H3,(H,20,21,22). The van der Waals surface area contributed by atoms with Gasteiger partial charge in [-0.2, -0.15) is 13.2 Å². The van der Waals surface area contributed by atoms with Crippen molar-refractivity contribution in [3.63, 3.8) is 0 Å². The van der Waals surface area contributed by atoms with E-state index in [9.17, 15) is 13.2 Å². The molecular formula is C15H17ClF3N3O2. The number of anilines is 1. The Bertz CT molecular complexity index is 710. The fraction of sp³-hybridized carbons (Fsp3) is 0.467. The molecule has 1 N–H and O–H groups in total. The monoisotopic (exact) mass is 363 g/mol. The van der Waals surface area contributed by atoms with Gasteiger partial charge in [0.15, 0.2) is 11.5 Å². The van der Waals surface area contributed by atoms with Gasteiger partial charge in [-0.25, -0.2) is 9.97 Å². The molecule has 0 aliphatic heterocycles. The summed E-state index contributed by atoms with van der Waals surface area (Å²) in [7, 11) is 3.01. The maximum atomic E-state index is 12.1. The SMILES string of the molecule is COc1cc2nc(Cl)nc(NCCCCC(F)(F)F)c2cc1OC. The van der Waals surface area contributed by atoms with Crippen molar-refractivity contribution in [2.24, 2.45) is 0 Å². The number of halogens is 4. The van der Waals surface area contributed by atoms with Gasteiger partial charge in [0, 0.05) is 24.4 Å². The van der Waals surface area contributed by atoms with Gasteiger partial charge in [-0.15, -0.1) is 0 Å². The number of nitrogens with zero attached hydrogens (tertiary/aromatic N) is 2. The summed E-state index contributed by atoms with van der Waals surface area (Å²) in [6, 6.07) is 3.36. The molecule has 24 heavy (non-hydrogen) atoms. The van der Waals surface area contributed by atoms with E-state index in [-0.39, 0.29) is 11.7 Å². The number of rotatable bonds is 7. The lowest BCUT2D eigenvalue weighted by Gasteiger charge is -2.13. The smallest absolute Gasteiger partial charge is 0.389 e. The van der Waals surface area contributed by atoms with Gasteiger partial charge in [0.05, 0.1) is 19.7 Å². The topological polar surface area (TPSA) is 56.3 Å². The van der Waals surface area contributed by atoms with E-state index < -0.39 is 12.6 Å². The normalized spacial score (nSPS) is 11.6. The Labute approximate surface area is 142 Å². The first-order valence-electron chi connectivity index (χ1n) is 7.24. The van der Waals surface area contributed by atoms with Crippen LogP contribution < -0.4 is 14.8 Å². The van der Waals surface area contributed by atoms with Crippen molar-refractivity contribution in [1.29, 1.82) is 0 Å². The zero-order valence-corrected chi connectivity index (χ0v) is 14.0. The van der Waals surface area contributed by atoms with Crippen molar-refractivity contribution in [2.45, 2.75) is 25.4 Å². The number of methoxy groups -OCH3 is 2. The lowest BCUT2D eigenvalue weighted by molar-refractivity contribution is -0.135. The first kappa shape index (κ1) is 18.4. The second-order valence-electron chi connectivity index (χ2n) is 5.06. The molecule has 1 aromatic heterocycles. The van der Waals surface area contributed by atoms with Gasteiger partial charge in [-0.3, -0.25) is 0 Å². The quantitative estimate of drug-likeness (QED) is 0.582. The first-order chi connectivity index (χ1) is 11.3. The Balaban J connectivity index is 2.17. The number of alkyl halides is 3. The maximum absolute atomic E-state index is 12.1. The average molecular weight is 364 g/mol. The van der Waals surface area contributed by atoms with Crippen LogP contribution in [0.2, 0.25) is 5.28 Å². The molecule has 1 aromatic carbocycles. The molecule has 0 radical (unpaired) electrons. The zero-order valence-electron chi connectivity index (χ0n) is 13.2. The number of ether oxygens (including phenoxy) is 2. The summed E-state index contributed by atoms with van der Waals surface area (Å²) in [6.07, 6.45) is -4.53. The Morgan fingerprint density at radius 3 is 2.38 bits per heavy atom. The van der Waals surface area contributed by atoms with E-state index in [1.165, 1.54) is 14.2 Å². The lowest BCUT2D eigenvalue weighted by Crippen LogP contribution is -2.09. The van der Waals surface area contributed by atoms with Crippen LogP contribution in [-0.2, 0) is 0 Å². The lowest BCUT2D eigenvalue weighted by atomic mass is 10.2. The Morgan fingerprint density at radius 2 is 1.75 bits per heavy atom. The van der Waals surface area contributed by atoms with Gasteiger partial charge >= 0.3 is 6.18 Å². The van der Waals surface area contributed by atoms with Crippen LogP contribution in [0.3, 0.4) is 0 Å². The number of hydrogen-bond acceptors (Lipinski definition) is 5. The fourth-order valence-corrected chi connectivity index (χ4v) is 2.39. The molecule has 0 amide bonds. The minimum atomic E-state index is -4.13. The molecule has 0 spiro atoms. The van der Waals surface area contributed by atoms with Crippen LogP contribution in [-0.4, -0.2) is 36.9 Å². The Kier molecular flexibility index (Phi) is 5.93. The molecule has 9 heteroatoms. The van der Waals surface area contributed by atoms with E-state index in [4.69, 9.17) is 21.1 Å². The van der Waals surface area contributed by atoms with Gasteiger partial charge in [-0.1, -0.05) is 0 Å². The minimum absolute atomic E-state index is 0.0347. The van der Waals surface area contributed by atoms with Crippen molar-refractivity contribution in [1.82, 2.24) is 9.97 Å². The van der Waals surface area contributed by atoms with Crippen molar-refractivity contribution >= 4 is 28.3 Å². The number of fused-ring (bicyclic) bond motifs is 1. The summed E-state index contributed by atoms with van der Waals surface area (Å²) < 4.78 is 46.9. The molecule has 0 bridgehead atoms. The predicted octanol–water partition coefficient (Wildman–Crippen LogP) is 4.44. The van der Waals surface area contributed by atoms with Crippen LogP contribution in [0, 0.1) is 0 Å². The molecule has 2 aromatic rings. The molecule has 5 nitrogen and oxygen atoms in total. The summed E-state index contributed by atoms with van der Waals surface area (Å²) >= 11 is 5.91. The molecule has 0 aliphatic rings. The van der Waals surface area contributed by atoms with Crippen LogP contribution in [0.4, 0.5) is 19.0 Å². The molecule has 0 atom stereocenters. The van der Waals surface area contributed by atoms with E-state index in [0.717, 1.165) is 0 Å². The molecule has 0 aliphatic carbocycles. The van der Waals surface area contributed by atoms with Gasteiger partial charge in [-0.05, 0) is 30.5 Å². The summed E-state index contributed by atoms with van der Waals surface area (Å²) in [6.45, 7) is 0.340. The Hall–Kier alpha value is -1.96. The molecule has 0 unspecified atom stereocenters. The molecule has 0 saturated heterocycles. The van der Waals surface area contributed by atoms with Crippen molar-refractivity contribution in [2.75, 3.05) is 26.1 Å². The molecular weight excluding hydrogens is 347 g/mol. The molecule has 2 rings (SSSR count). The highest BCUT2D eigenvalue weighted by Crippen LogP contribution is 2.34. The van der Waals surface area contributed by atoms with Crippen molar-refractivity contribution in [3.8, 4) is 11.5 Å². The van der Waals surface area contributed by atoms with E-state index in [1.807, 2.05) is 0 Å². The second kappa shape index (κ2) is 7.74. The summed E-state index contributed by atoms with van der Waals surface area (Å²) in [5.74, 6) is 1.44. The molecule has 0 saturated carbocycles. The van der Waals surface area contributed by atoms with Gasteiger partial charge in [0.1, 0.15) is 5.82 Å². The van der Waals surface area contributed by atoms with Crippen LogP contribution in [0.5, 0.6) is 11.5 Å². The Morgan fingerprint density at radius 1 is 1.08 bits per heavy atom. The minimum Gasteiger partial charge on any atom is -0.493 e. The van der Waals surface area contributed by atoms with E-state index in [2.05, 4.69) is 15.3 Å². The van der Waals surface area contributed by atoms with E-state index in [1.54, 1.807) is 12.1 Å². The third kappa shape index (κ3) is 4.77. The number of nitrogens with one attached hydrogen (secondary N) is 1. The predicted molar refractivity (Wildman–Crippen MR) is 86.0 cm³/mol. The van der Waals surface area contributed by atoms with Crippen molar-refractivity contribution < 1.29 is 22.6 Å². The molecule has 0 fully saturated rings. The van der Waals surface area contributed by atoms with E-state index in [0.29, 0.717) is 41.2 Å². The van der Waals surface area contributed by atoms with Crippen LogP contribution in [0.15, 0.2) is 12.1 Å². The summed E-state index contributed by atoms with van der Waals surface area (Å²) in [5.41, 5.74) is 0.547. The van der Waals surface area contributed by atoms with Crippen LogP contribution >= 0.6 is 11.6 Å².